The Bertz CT molecular complexity index is 1190. The lowest BCUT2D eigenvalue weighted by molar-refractivity contribution is -0.117. The summed E-state index contributed by atoms with van der Waals surface area (Å²) >= 11 is 12.0. The van der Waals surface area contributed by atoms with Gasteiger partial charge in [-0.05, 0) is 48.0 Å². The number of benzene rings is 3. The average Bonchev–Trinajstić information content (AvgIpc) is 2.80. The zero-order valence-corrected chi connectivity index (χ0v) is 19.6. The molecular formula is C25H22Cl2N4O2. The molecule has 2 amide bonds. The summed E-state index contributed by atoms with van der Waals surface area (Å²) in [6.45, 7) is 0. The molecule has 168 valence electrons. The predicted octanol–water partition coefficient (Wildman–Crippen LogP) is 4.98. The lowest BCUT2D eigenvalue weighted by Gasteiger charge is -2.12. The first-order valence-corrected chi connectivity index (χ1v) is 10.7. The fourth-order valence-electron chi connectivity index (χ4n) is 2.80. The van der Waals surface area contributed by atoms with Crippen molar-refractivity contribution in [3.8, 4) is 0 Å². The lowest BCUT2D eigenvalue weighted by atomic mass is 10.1. The van der Waals surface area contributed by atoms with Crippen LogP contribution >= 0.6 is 23.2 Å². The molecule has 3 aromatic rings. The summed E-state index contributed by atoms with van der Waals surface area (Å²) in [6, 6.07) is 21.1. The Kier molecular flexibility index (Phi) is 8.24. The number of hydrazone groups is 1. The minimum Gasteiger partial charge on any atom is -0.378 e. The minimum atomic E-state index is -0.586. The topological polar surface area (TPSA) is 73.8 Å². The number of rotatable bonds is 7. The second kappa shape index (κ2) is 11.3. The van der Waals surface area contributed by atoms with Crippen LogP contribution in [0.2, 0.25) is 10.0 Å². The molecule has 8 heteroatoms. The Balaban J connectivity index is 1.82. The van der Waals surface area contributed by atoms with E-state index in [1.165, 1.54) is 6.21 Å². The van der Waals surface area contributed by atoms with Crippen molar-refractivity contribution in [3.63, 3.8) is 0 Å². The highest BCUT2D eigenvalue weighted by molar-refractivity contribution is 6.36. The van der Waals surface area contributed by atoms with Crippen LogP contribution in [0.1, 0.15) is 21.5 Å². The van der Waals surface area contributed by atoms with Gasteiger partial charge in [0.1, 0.15) is 5.70 Å². The van der Waals surface area contributed by atoms with Crippen LogP contribution in [0.4, 0.5) is 5.69 Å². The first kappa shape index (κ1) is 24.0. The van der Waals surface area contributed by atoms with Crippen molar-refractivity contribution in [2.24, 2.45) is 5.10 Å². The van der Waals surface area contributed by atoms with E-state index in [1.54, 1.807) is 48.5 Å². The largest absolute Gasteiger partial charge is 0.378 e. The summed E-state index contributed by atoms with van der Waals surface area (Å²) in [4.78, 5) is 27.5. The maximum absolute atomic E-state index is 12.8. The molecule has 0 aliphatic rings. The second-order valence-electron chi connectivity index (χ2n) is 7.23. The molecule has 0 radical (unpaired) electrons. The fourth-order valence-corrected chi connectivity index (χ4v) is 3.26. The van der Waals surface area contributed by atoms with E-state index < -0.39 is 11.8 Å². The highest BCUT2D eigenvalue weighted by Crippen LogP contribution is 2.19. The number of nitrogens with one attached hydrogen (secondary N) is 2. The number of hydrogen-bond donors (Lipinski definition) is 2. The molecule has 0 atom stereocenters. The third-order valence-electron chi connectivity index (χ3n) is 4.58. The summed E-state index contributed by atoms with van der Waals surface area (Å²) in [5.74, 6) is -0.996. The SMILES string of the molecule is CN(C)c1ccc(C=C(NC(=O)c2ccccc2)C(=O)NN=Cc2ccc(Cl)cc2Cl)cc1. The van der Waals surface area contributed by atoms with Crippen molar-refractivity contribution in [3.05, 3.63) is 105 Å². The Morgan fingerprint density at radius 1 is 0.939 bits per heavy atom. The molecule has 0 heterocycles. The highest BCUT2D eigenvalue weighted by Gasteiger charge is 2.14. The van der Waals surface area contributed by atoms with Crippen LogP contribution in [0.25, 0.3) is 6.08 Å². The smallest absolute Gasteiger partial charge is 0.287 e. The molecule has 0 aromatic heterocycles. The fraction of sp³-hybridized carbons (Fsp3) is 0.0800. The quantitative estimate of drug-likeness (QED) is 0.284. The molecule has 0 unspecified atom stereocenters. The van der Waals surface area contributed by atoms with Crippen molar-refractivity contribution in [2.45, 2.75) is 0 Å². The molecule has 0 bridgehead atoms. The summed E-state index contributed by atoms with van der Waals surface area (Å²) in [5, 5.41) is 7.52. The molecule has 3 aromatic carbocycles. The normalized spacial score (nSPS) is 11.3. The summed E-state index contributed by atoms with van der Waals surface area (Å²) in [6.07, 6.45) is 2.99. The molecule has 33 heavy (non-hydrogen) atoms. The van der Waals surface area contributed by atoms with Gasteiger partial charge in [-0.1, -0.05) is 59.6 Å². The number of hydrogen-bond acceptors (Lipinski definition) is 4. The predicted molar refractivity (Wildman–Crippen MR) is 135 cm³/mol. The summed E-state index contributed by atoms with van der Waals surface area (Å²) < 4.78 is 0. The molecule has 0 aliphatic heterocycles. The molecule has 0 saturated carbocycles. The van der Waals surface area contributed by atoms with Crippen molar-refractivity contribution in [2.75, 3.05) is 19.0 Å². The number of nitrogens with zero attached hydrogens (tertiary/aromatic N) is 2. The third-order valence-corrected chi connectivity index (χ3v) is 5.14. The Morgan fingerprint density at radius 2 is 1.64 bits per heavy atom. The van der Waals surface area contributed by atoms with Gasteiger partial charge in [0, 0.05) is 35.9 Å². The van der Waals surface area contributed by atoms with Crippen LogP contribution in [0, 0.1) is 0 Å². The molecule has 6 nitrogen and oxygen atoms in total. The van der Waals surface area contributed by atoms with Crippen LogP contribution in [0.15, 0.2) is 83.6 Å². The maximum Gasteiger partial charge on any atom is 0.287 e. The van der Waals surface area contributed by atoms with Gasteiger partial charge in [0.25, 0.3) is 11.8 Å². The third kappa shape index (κ3) is 6.94. The van der Waals surface area contributed by atoms with Crippen LogP contribution in [-0.4, -0.2) is 32.1 Å². The first-order chi connectivity index (χ1) is 15.8. The van der Waals surface area contributed by atoms with Gasteiger partial charge in [-0.25, -0.2) is 5.43 Å². The van der Waals surface area contributed by atoms with Gasteiger partial charge in [0.15, 0.2) is 0 Å². The Morgan fingerprint density at radius 3 is 2.27 bits per heavy atom. The van der Waals surface area contributed by atoms with Gasteiger partial charge >= 0.3 is 0 Å². The molecular weight excluding hydrogens is 459 g/mol. The van der Waals surface area contributed by atoms with Gasteiger partial charge in [-0.2, -0.15) is 5.10 Å². The Hall–Kier alpha value is -3.61. The van der Waals surface area contributed by atoms with E-state index in [-0.39, 0.29) is 5.70 Å². The van der Waals surface area contributed by atoms with Crippen molar-refractivity contribution >= 4 is 53.0 Å². The number of carbonyl (C=O) groups is 2. The molecule has 3 rings (SSSR count). The number of halogens is 2. The van der Waals surface area contributed by atoms with Gasteiger partial charge < -0.3 is 10.2 Å². The average molecular weight is 481 g/mol. The molecule has 0 spiro atoms. The molecule has 0 fully saturated rings. The first-order valence-electron chi connectivity index (χ1n) is 9.97. The van der Waals surface area contributed by atoms with E-state index in [0.29, 0.717) is 21.2 Å². The minimum absolute atomic E-state index is 0.0424. The highest BCUT2D eigenvalue weighted by atomic mass is 35.5. The van der Waals surface area contributed by atoms with Gasteiger partial charge in [-0.15, -0.1) is 0 Å². The number of anilines is 1. The van der Waals surface area contributed by atoms with Gasteiger partial charge in [0.2, 0.25) is 0 Å². The van der Waals surface area contributed by atoms with E-state index in [0.717, 1.165) is 11.3 Å². The molecule has 2 N–H and O–H groups in total. The van der Waals surface area contributed by atoms with E-state index in [4.69, 9.17) is 23.2 Å². The van der Waals surface area contributed by atoms with Crippen LogP contribution in [0.3, 0.4) is 0 Å². The molecule has 0 saturated heterocycles. The summed E-state index contributed by atoms with van der Waals surface area (Å²) in [7, 11) is 3.88. The zero-order chi connectivity index (χ0) is 23.8. The Labute approximate surface area is 202 Å². The number of amides is 2. The van der Waals surface area contributed by atoms with Gasteiger partial charge in [0.05, 0.1) is 11.2 Å². The van der Waals surface area contributed by atoms with Crippen LogP contribution < -0.4 is 15.6 Å². The van der Waals surface area contributed by atoms with Crippen molar-refractivity contribution in [1.82, 2.24) is 10.7 Å². The monoisotopic (exact) mass is 480 g/mol. The van der Waals surface area contributed by atoms with Crippen LogP contribution in [0.5, 0.6) is 0 Å². The van der Waals surface area contributed by atoms with Crippen molar-refractivity contribution < 1.29 is 9.59 Å². The maximum atomic E-state index is 12.8. The van der Waals surface area contributed by atoms with Gasteiger partial charge in [-0.3, -0.25) is 9.59 Å². The second-order valence-corrected chi connectivity index (χ2v) is 8.07. The van der Waals surface area contributed by atoms with E-state index in [2.05, 4.69) is 15.8 Å². The standard InChI is InChI=1S/C25H22Cl2N4O2/c1-31(2)21-12-8-17(9-13-21)14-23(29-24(32)18-6-4-3-5-7-18)25(33)30-28-16-19-10-11-20(26)15-22(19)27/h3-16H,1-2H3,(H,29,32)(H,30,33). The van der Waals surface area contributed by atoms with E-state index in [9.17, 15) is 9.59 Å². The van der Waals surface area contributed by atoms with Crippen LogP contribution in [-0.2, 0) is 4.79 Å². The van der Waals surface area contributed by atoms with Crippen molar-refractivity contribution in [1.29, 1.82) is 0 Å². The lowest BCUT2D eigenvalue weighted by Crippen LogP contribution is -2.32. The van der Waals surface area contributed by atoms with E-state index >= 15 is 0 Å². The molecule has 0 aliphatic carbocycles. The zero-order valence-electron chi connectivity index (χ0n) is 18.0. The number of carbonyl (C=O) groups excluding carboxylic acids is 2. The summed E-state index contributed by atoms with van der Waals surface area (Å²) in [5.41, 5.74) is 5.23. The van der Waals surface area contributed by atoms with E-state index in [1.807, 2.05) is 49.3 Å².